The Morgan fingerprint density at radius 3 is 2.36 bits per heavy atom. The maximum Gasteiger partial charge on any atom is 0.409 e. The first-order valence-electron chi connectivity index (χ1n) is 10.7. The molecule has 1 aliphatic rings. The van der Waals surface area contributed by atoms with Crippen LogP contribution in [-0.2, 0) is 30.7 Å². The largest absolute Gasteiger partial charge is 0.450 e. The molecule has 0 saturated carbocycles. The maximum absolute atomic E-state index is 12.5. The van der Waals surface area contributed by atoms with Gasteiger partial charge >= 0.3 is 6.09 Å². The molecule has 1 aromatic heterocycles. The summed E-state index contributed by atoms with van der Waals surface area (Å²) in [4.78, 5) is 44.0. The first-order valence-corrected chi connectivity index (χ1v) is 13.3. The second kappa shape index (κ2) is 10.5. The molecule has 3 amide bonds. The average molecular weight is 497 g/mol. The van der Waals surface area contributed by atoms with Gasteiger partial charge in [0, 0.05) is 32.7 Å². The average Bonchev–Trinajstić information content (AvgIpc) is 3.08. The summed E-state index contributed by atoms with van der Waals surface area (Å²) in [5.41, 5.74) is 2.01. The van der Waals surface area contributed by atoms with Gasteiger partial charge in [0.25, 0.3) is 5.91 Å². The Hall–Kier alpha value is -2.73. The summed E-state index contributed by atoms with van der Waals surface area (Å²) < 4.78 is 32.7. The number of amides is 3. The normalized spacial score (nSPS) is 15.2. The number of piperazine rings is 1. The Balaban J connectivity index is 1.64. The van der Waals surface area contributed by atoms with E-state index in [0.29, 0.717) is 11.3 Å². The van der Waals surface area contributed by atoms with Gasteiger partial charge in [0.2, 0.25) is 5.91 Å². The van der Waals surface area contributed by atoms with E-state index >= 15 is 0 Å². The lowest BCUT2D eigenvalue weighted by atomic mass is 10.2. The van der Waals surface area contributed by atoms with Crippen LogP contribution in [0.15, 0.2) is 23.2 Å². The zero-order valence-corrected chi connectivity index (χ0v) is 20.6. The Kier molecular flexibility index (Phi) is 7.90. The molecule has 0 unspecified atom stereocenters. The number of fused-ring (bicyclic) bond motifs is 1. The second-order valence-corrected chi connectivity index (χ2v) is 10.8. The number of benzene rings is 1. The monoisotopic (exact) mass is 496 g/mol. The number of hydrogen-bond acceptors (Lipinski definition) is 7. The molecule has 2 aromatic rings. The fraction of sp³-hybridized carbons (Fsp3) is 0.524. The Bertz CT molecular complexity index is 1220. The van der Waals surface area contributed by atoms with Crippen molar-refractivity contribution in [1.29, 1.82) is 0 Å². The van der Waals surface area contributed by atoms with Crippen molar-refractivity contribution in [1.82, 2.24) is 14.4 Å². The lowest BCUT2D eigenvalue weighted by Crippen LogP contribution is -2.52. The molecule has 0 N–H and O–H groups in total. The Labute approximate surface area is 196 Å². The van der Waals surface area contributed by atoms with E-state index in [1.165, 1.54) is 21.1 Å². The van der Waals surface area contributed by atoms with Gasteiger partial charge in [0.15, 0.2) is 14.6 Å². The number of hydrogen-bond donors (Lipinski definition) is 0. The molecule has 0 bridgehead atoms. The zero-order chi connectivity index (χ0) is 24.2. The SMILES string of the molecule is CCOC(=O)N1CCN(C(=O)CS(=O)(=O)CC(=O)N=c2sc3cc(C)ccc3n2CC)CC1. The number of ether oxygens (including phenoxy) is 1. The number of aromatic nitrogens is 1. The van der Waals surface area contributed by atoms with Gasteiger partial charge in [-0.2, -0.15) is 4.99 Å². The highest BCUT2D eigenvalue weighted by molar-refractivity contribution is 7.92. The highest BCUT2D eigenvalue weighted by atomic mass is 32.2. The Morgan fingerprint density at radius 1 is 1.06 bits per heavy atom. The molecule has 0 aliphatic carbocycles. The van der Waals surface area contributed by atoms with Gasteiger partial charge in [0.05, 0.1) is 16.8 Å². The molecule has 1 aromatic carbocycles. The smallest absolute Gasteiger partial charge is 0.409 e. The van der Waals surface area contributed by atoms with Gasteiger partial charge in [-0.15, -0.1) is 0 Å². The molecule has 33 heavy (non-hydrogen) atoms. The van der Waals surface area contributed by atoms with E-state index in [-0.39, 0.29) is 32.8 Å². The molecule has 180 valence electrons. The molecule has 10 nitrogen and oxygen atoms in total. The van der Waals surface area contributed by atoms with Crippen molar-refractivity contribution in [3.05, 3.63) is 28.6 Å². The minimum absolute atomic E-state index is 0.211. The number of sulfone groups is 1. The van der Waals surface area contributed by atoms with Crippen LogP contribution in [0.3, 0.4) is 0 Å². The quantitative estimate of drug-likeness (QED) is 0.593. The van der Waals surface area contributed by atoms with Crippen molar-refractivity contribution < 1.29 is 27.5 Å². The number of rotatable bonds is 6. The Morgan fingerprint density at radius 2 is 1.73 bits per heavy atom. The van der Waals surface area contributed by atoms with Gasteiger partial charge in [-0.3, -0.25) is 9.59 Å². The van der Waals surface area contributed by atoms with Crippen LogP contribution >= 0.6 is 11.3 Å². The number of thiazole rings is 1. The highest BCUT2D eigenvalue weighted by Crippen LogP contribution is 2.18. The summed E-state index contributed by atoms with van der Waals surface area (Å²) in [6, 6.07) is 5.91. The topological polar surface area (TPSA) is 118 Å². The van der Waals surface area contributed by atoms with Crippen LogP contribution in [-0.4, -0.2) is 85.0 Å². The van der Waals surface area contributed by atoms with Gasteiger partial charge in [-0.1, -0.05) is 17.4 Å². The van der Waals surface area contributed by atoms with Crippen LogP contribution in [0, 0.1) is 6.92 Å². The molecule has 0 spiro atoms. The summed E-state index contributed by atoms with van der Waals surface area (Å²) in [6.07, 6.45) is -0.454. The van der Waals surface area contributed by atoms with Crippen LogP contribution < -0.4 is 4.80 Å². The predicted octanol–water partition coefficient (Wildman–Crippen LogP) is 1.17. The third-order valence-electron chi connectivity index (χ3n) is 5.22. The first-order chi connectivity index (χ1) is 15.6. The lowest BCUT2D eigenvalue weighted by molar-refractivity contribution is -0.130. The first kappa shape index (κ1) is 24.9. The van der Waals surface area contributed by atoms with Crippen molar-refractivity contribution in [2.75, 3.05) is 44.3 Å². The van der Waals surface area contributed by atoms with E-state index in [2.05, 4.69) is 4.99 Å². The fourth-order valence-electron chi connectivity index (χ4n) is 3.58. The second-order valence-electron chi connectivity index (χ2n) is 7.70. The van der Waals surface area contributed by atoms with Crippen LogP contribution in [0.1, 0.15) is 19.4 Å². The van der Waals surface area contributed by atoms with Crippen molar-refractivity contribution in [2.24, 2.45) is 4.99 Å². The summed E-state index contributed by atoms with van der Waals surface area (Å²) in [7, 11) is -3.99. The van der Waals surface area contributed by atoms with E-state index in [1.54, 1.807) is 6.92 Å². The molecule has 1 fully saturated rings. The molecule has 2 heterocycles. The van der Waals surface area contributed by atoms with Gasteiger partial charge in [-0.25, -0.2) is 13.2 Å². The number of carbonyl (C=O) groups excluding carboxylic acids is 3. The predicted molar refractivity (Wildman–Crippen MR) is 125 cm³/mol. The standard InChI is InChI=1S/C21H28N4O6S2/c1-4-25-16-7-6-15(3)12-17(16)32-20(25)22-18(26)13-33(29,30)14-19(27)23-8-10-24(11-9-23)21(28)31-5-2/h6-7,12H,4-5,8-11,13-14H2,1-3H3. The summed E-state index contributed by atoms with van der Waals surface area (Å²) in [6.45, 7) is 7.39. The fourth-order valence-corrected chi connectivity index (χ4v) is 5.89. The van der Waals surface area contributed by atoms with Crippen LogP contribution in [0.4, 0.5) is 4.79 Å². The minimum atomic E-state index is -3.99. The lowest BCUT2D eigenvalue weighted by Gasteiger charge is -2.34. The van der Waals surface area contributed by atoms with Gasteiger partial charge in [0.1, 0.15) is 11.5 Å². The molecule has 1 aliphatic heterocycles. The summed E-state index contributed by atoms with van der Waals surface area (Å²) >= 11 is 1.32. The highest BCUT2D eigenvalue weighted by Gasteiger charge is 2.28. The van der Waals surface area contributed by atoms with Crippen LogP contribution in [0.2, 0.25) is 0 Å². The van der Waals surface area contributed by atoms with E-state index in [0.717, 1.165) is 15.8 Å². The molecule has 3 rings (SSSR count). The van der Waals surface area contributed by atoms with Crippen LogP contribution in [0.25, 0.3) is 10.2 Å². The third-order valence-corrected chi connectivity index (χ3v) is 7.63. The molecule has 12 heteroatoms. The minimum Gasteiger partial charge on any atom is -0.450 e. The van der Waals surface area contributed by atoms with E-state index in [9.17, 15) is 22.8 Å². The molecule has 1 saturated heterocycles. The van der Waals surface area contributed by atoms with E-state index in [1.807, 2.05) is 36.6 Å². The van der Waals surface area contributed by atoms with Crippen molar-refractivity contribution in [3.63, 3.8) is 0 Å². The third kappa shape index (κ3) is 6.20. The molecular formula is C21H28N4O6S2. The van der Waals surface area contributed by atoms with Crippen molar-refractivity contribution in [3.8, 4) is 0 Å². The summed E-state index contributed by atoms with van der Waals surface area (Å²) in [5, 5.41) is 0. The van der Waals surface area contributed by atoms with Gasteiger partial charge in [-0.05, 0) is 38.5 Å². The van der Waals surface area contributed by atoms with Gasteiger partial charge < -0.3 is 19.1 Å². The number of aryl methyl sites for hydroxylation is 2. The molecule has 0 atom stereocenters. The number of nitrogens with zero attached hydrogens (tertiary/aromatic N) is 4. The van der Waals surface area contributed by atoms with Crippen molar-refractivity contribution in [2.45, 2.75) is 27.3 Å². The van der Waals surface area contributed by atoms with E-state index < -0.39 is 39.3 Å². The van der Waals surface area contributed by atoms with Crippen molar-refractivity contribution >= 4 is 49.3 Å². The molecular weight excluding hydrogens is 468 g/mol. The van der Waals surface area contributed by atoms with E-state index in [4.69, 9.17) is 4.74 Å². The molecule has 0 radical (unpaired) electrons. The van der Waals surface area contributed by atoms with Crippen LogP contribution in [0.5, 0.6) is 0 Å². The summed E-state index contributed by atoms with van der Waals surface area (Å²) in [5.74, 6) is -3.00. The number of carbonyl (C=O) groups is 3. The zero-order valence-electron chi connectivity index (χ0n) is 18.9. The maximum atomic E-state index is 12.5.